The molecule has 0 aliphatic carbocycles. The summed E-state index contributed by atoms with van der Waals surface area (Å²) < 4.78 is 1.34. The average molecular weight is 319 g/mol. The van der Waals surface area contributed by atoms with Crippen molar-refractivity contribution in [2.45, 2.75) is 33.6 Å². The molecule has 0 bridgehead atoms. The predicted molar refractivity (Wildman–Crippen MR) is 89.5 cm³/mol. The second-order valence-electron chi connectivity index (χ2n) is 6.68. The Balaban J connectivity index is 2.25. The molecule has 0 atom stereocenters. The van der Waals surface area contributed by atoms with Gasteiger partial charge in [0.15, 0.2) is 0 Å². The molecule has 126 valence electrons. The number of hydrogen-bond acceptors (Lipinski definition) is 3. The number of aryl methyl sites for hydroxylation is 1. The topological polar surface area (TPSA) is 71.4 Å². The maximum Gasteiger partial charge on any atom is 0.274 e. The van der Waals surface area contributed by atoms with Gasteiger partial charge < -0.3 is 14.8 Å². The number of pyridine rings is 1. The molecule has 6 heteroatoms. The van der Waals surface area contributed by atoms with E-state index in [2.05, 4.69) is 12.2 Å². The quantitative estimate of drug-likeness (QED) is 0.924. The Hall–Kier alpha value is -2.11. The molecular weight excluding hydrogens is 294 g/mol. The van der Waals surface area contributed by atoms with E-state index >= 15 is 0 Å². The van der Waals surface area contributed by atoms with Crippen LogP contribution in [-0.4, -0.2) is 34.4 Å². The maximum absolute atomic E-state index is 12.6. The standard InChI is InChI=1S/C17H25N3O3/c1-11(2)15(21)18-14-9-13(10-19(4)17(14)23)16(22)20-7-5-12(3)6-8-20/h9-12H,5-8H2,1-4H3,(H,18,21). The third kappa shape index (κ3) is 4.00. The first-order valence-electron chi connectivity index (χ1n) is 8.10. The molecule has 1 fully saturated rings. The van der Waals surface area contributed by atoms with Gasteiger partial charge in [0.05, 0.1) is 5.56 Å². The molecular formula is C17H25N3O3. The molecule has 1 aromatic rings. The minimum atomic E-state index is -0.317. The number of nitrogens with one attached hydrogen (secondary N) is 1. The Bertz CT molecular complexity index is 656. The number of piperidine rings is 1. The van der Waals surface area contributed by atoms with Gasteiger partial charge in [-0.05, 0) is 24.8 Å². The molecule has 0 unspecified atom stereocenters. The van der Waals surface area contributed by atoms with Crippen LogP contribution < -0.4 is 10.9 Å². The van der Waals surface area contributed by atoms with Gasteiger partial charge >= 0.3 is 0 Å². The summed E-state index contributed by atoms with van der Waals surface area (Å²) >= 11 is 0. The van der Waals surface area contributed by atoms with Gasteiger partial charge in [0.1, 0.15) is 5.69 Å². The summed E-state index contributed by atoms with van der Waals surface area (Å²) in [6.45, 7) is 7.16. The first-order valence-corrected chi connectivity index (χ1v) is 8.10. The average Bonchev–Trinajstić information content (AvgIpc) is 2.51. The lowest BCUT2D eigenvalue weighted by Gasteiger charge is -2.30. The molecule has 1 aliphatic rings. The van der Waals surface area contributed by atoms with E-state index in [0.29, 0.717) is 11.5 Å². The number of carbonyl (C=O) groups excluding carboxylic acids is 2. The van der Waals surface area contributed by atoms with E-state index in [4.69, 9.17) is 0 Å². The van der Waals surface area contributed by atoms with E-state index in [1.54, 1.807) is 20.9 Å². The SMILES string of the molecule is CC1CCN(C(=O)c2cc(NC(=O)C(C)C)c(=O)n(C)c2)CC1. The van der Waals surface area contributed by atoms with Gasteiger partial charge in [0.25, 0.3) is 11.5 Å². The molecule has 2 rings (SSSR count). The number of rotatable bonds is 3. The highest BCUT2D eigenvalue weighted by atomic mass is 16.2. The maximum atomic E-state index is 12.6. The van der Waals surface area contributed by atoms with Gasteiger partial charge in [0, 0.05) is 32.3 Å². The van der Waals surface area contributed by atoms with Crippen LogP contribution in [0.15, 0.2) is 17.1 Å². The van der Waals surface area contributed by atoms with Gasteiger partial charge in [-0.3, -0.25) is 14.4 Å². The van der Waals surface area contributed by atoms with Gasteiger partial charge in [-0.1, -0.05) is 20.8 Å². The van der Waals surface area contributed by atoms with Crippen molar-refractivity contribution in [3.05, 3.63) is 28.2 Å². The molecule has 0 spiro atoms. The number of anilines is 1. The third-order valence-electron chi connectivity index (χ3n) is 4.28. The van der Waals surface area contributed by atoms with E-state index in [-0.39, 0.29) is 29.0 Å². The fourth-order valence-corrected chi connectivity index (χ4v) is 2.59. The summed E-state index contributed by atoms with van der Waals surface area (Å²) in [6.07, 6.45) is 3.52. The minimum Gasteiger partial charge on any atom is -0.339 e. The fourth-order valence-electron chi connectivity index (χ4n) is 2.59. The molecule has 1 saturated heterocycles. The largest absolute Gasteiger partial charge is 0.339 e. The second kappa shape index (κ2) is 6.98. The molecule has 0 aromatic carbocycles. The van der Waals surface area contributed by atoms with E-state index in [9.17, 15) is 14.4 Å². The summed E-state index contributed by atoms with van der Waals surface area (Å²) in [6, 6.07) is 1.49. The summed E-state index contributed by atoms with van der Waals surface area (Å²) in [5.74, 6) is 0.0776. The van der Waals surface area contributed by atoms with E-state index < -0.39 is 0 Å². The van der Waals surface area contributed by atoms with Crippen LogP contribution in [0.5, 0.6) is 0 Å². The highest BCUT2D eigenvalue weighted by Gasteiger charge is 2.23. The van der Waals surface area contributed by atoms with Gasteiger partial charge in [-0.25, -0.2) is 0 Å². The van der Waals surface area contributed by atoms with E-state index in [0.717, 1.165) is 25.9 Å². The number of likely N-dealkylation sites (tertiary alicyclic amines) is 1. The van der Waals surface area contributed by atoms with Crippen molar-refractivity contribution < 1.29 is 9.59 Å². The highest BCUT2D eigenvalue weighted by molar-refractivity contribution is 5.97. The van der Waals surface area contributed by atoms with Crippen molar-refractivity contribution in [3.8, 4) is 0 Å². The smallest absolute Gasteiger partial charge is 0.274 e. The minimum absolute atomic E-state index is 0.0902. The number of nitrogens with zero attached hydrogens (tertiary/aromatic N) is 2. The summed E-state index contributed by atoms with van der Waals surface area (Å²) in [7, 11) is 1.59. The zero-order valence-corrected chi connectivity index (χ0v) is 14.3. The van der Waals surface area contributed by atoms with Gasteiger partial charge in [-0.15, -0.1) is 0 Å². The molecule has 1 aliphatic heterocycles. The summed E-state index contributed by atoms with van der Waals surface area (Å²) in [4.78, 5) is 38.4. The Morgan fingerprint density at radius 3 is 2.43 bits per heavy atom. The number of amides is 2. The zero-order valence-electron chi connectivity index (χ0n) is 14.3. The molecule has 2 heterocycles. The highest BCUT2D eigenvalue weighted by Crippen LogP contribution is 2.18. The fraction of sp³-hybridized carbons (Fsp3) is 0.588. The van der Waals surface area contributed by atoms with Crippen LogP contribution in [-0.2, 0) is 11.8 Å². The van der Waals surface area contributed by atoms with Crippen LogP contribution >= 0.6 is 0 Å². The van der Waals surface area contributed by atoms with E-state index in [1.807, 2.05) is 4.90 Å². The van der Waals surface area contributed by atoms with Crippen molar-refractivity contribution in [3.63, 3.8) is 0 Å². The second-order valence-corrected chi connectivity index (χ2v) is 6.68. The molecule has 23 heavy (non-hydrogen) atoms. The normalized spacial score (nSPS) is 15.8. The van der Waals surface area contributed by atoms with E-state index in [1.165, 1.54) is 16.8 Å². The van der Waals surface area contributed by atoms with Gasteiger partial charge in [-0.2, -0.15) is 0 Å². The van der Waals surface area contributed by atoms with Crippen LogP contribution in [0, 0.1) is 11.8 Å². The number of hydrogen-bond donors (Lipinski definition) is 1. The first kappa shape index (κ1) is 17.2. The third-order valence-corrected chi connectivity index (χ3v) is 4.28. The Morgan fingerprint density at radius 2 is 1.87 bits per heavy atom. The molecule has 1 aromatic heterocycles. The molecule has 0 radical (unpaired) electrons. The summed E-state index contributed by atoms with van der Waals surface area (Å²) in [5, 5.41) is 2.61. The zero-order chi connectivity index (χ0) is 17.1. The van der Waals surface area contributed by atoms with Crippen molar-refractivity contribution >= 4 is 17.5 Å². The Labute approximate surface area is 136 Å². The lowest BCUT2D eigenvalue weighted by atomic mass is 9.99. The molecule has 0 saturated carbocycles. The lowest BCUT2D eigenvalue weighted by molar-refractivity contribution is -0.118. The van der Waals surface area contributed by atoms with Crippen LogP contribution in [0.4, 0.5) is 5.69 Å². The van der Waals surface area contributed by atoms with Crippen molar-refractivity contribution in [1.29, 1.82) is 0 Å². The van der Waals surface area contributed by atoms with Crippen molar-refractivity contribution in [1.82, 2.24) is 9.47 Å². The first-order chi connectivity index (χ1) is 10.8. The van der Waals surface area contributed by atoms with Crippen LogP contribution in [0.3, 0.4) is 0 Å². The number of carbonyl (C=O) groups is 2. The van der Waals surface area contributed by atoms with Crippen molar-refractivity contribution in [2.24, 2.45) is 18.9 Å². The van der Waals surface area contributed by atoms with Crippen LogP contribution in [0.2, 0.25) is 0 Å². The molecule has 2 amide bonds. The summed E-state index contributed by atoms with van der Waals surface area (Å²) in [5.41, 5.74) is 0.269. The molecule has 1 N–H and O–H groups in total. The number of aromatic nitrogens is 1. The van der Waals surface area contributed by atoms with Crippen molar-refractivity contribution in [2.75, 3.05) is 18.4 Å². The lowest BCUT2D eigenvalue weighted by Crippen LogP contribution is -2.38. The Kier molecular flexibility index (Phi) is 5.23. The van der Waals surface area contributed by atoms with Crippen LogP contribution in [0.25, 0.3) is 0 Å². The predicted octanol–water partition coefficient (Wildman–Crippen LogP) is 1.85. The molecule has 6 nitrogen and oxygen atoms in total. The van der Waals surface area contributed by atoms with Gasteiger partial charge in [0.2, 0.25) is 5.91 Å². The van der Waals surface area contributed by atoms with Crippen LogP contribution in [0.1, 0.15) is 44.0 Å². The Morgan fingerprint density at radius 1 is 1.26 bits per heavy atom. The monoisotopic (exact) mass is 319 g/mol.